The first-order valence-corrected chi connectivity index (χ1v) is 13.8. The molecule has 1 N–H and O–H groups in total. The van der Waals surface area contributed by atoms with Crippen LogP contribution in [0.5, 0.6) is 11.5 Å². The molecule has 3 aromatic carbocycles. The number of hydrogen-bond acceptors (Lipinski definition) is 3. The van der Waals surface area contributed by atoms with Gasteiger partial charge in [0.15, 0.2) is 0 Å². The van der Waals surface area contributed by atoms with E-state index in [0.29, 0.717) is 29.8 Å². The van der Waals surface area contributed by atoms with E-state index in [2.05, 4.69) is 32.9 Å². The van der Waals surface area contributed by atoms with Crippen LogP contribution in [0, 0.1) is 23.1 Å². The quantitative estimate of drug-likeness (QED) is 0.287. The van der Waals surface area contributed by atoms with E-state index in [-0.39, 0.29) is 23.6 Å². The second-order valence-electron chi connectivity index (χ2n) is 11.7. The van der Waals surface area contributed by atoms with Crippen LogP contribution in [0.1, 0.15) is 69.1 Å². The van der Waals surface area contributed by atoms with Crippen LogP contribution in [0.15, 0.2) is 66.7 Å². The summed E-state index contributed by atoms with van der Waals surface area (Å²) in [4.78, 5) is 11.5. The number of carboxylic acid groups (broad SMARTS) is 1. The third-order valence-electron chi connectivity index (χ3n) is 8.46. The second kappa shape index (κ2) is 10.9. The van der Waals surface area contributed by atoms with E-state index in [9.17, 15) is 9.90 Å². The molecule has 1 fully saturated rings. The molecule has 39 heavy (non-hydrogen) atoms. The largest absolute Gasteiger partial charge is 0.497 e. The predicted molar refractivity (Wildman–Crippen MR) is 152 cm³/mol. The van der Waals surface area contributed by atoms with Crippen molar-refractivity contribution in [3.05, 3.63) is 89.2 Å². The minimum Gasteiger partial charge on any atom is -0.497 e. The van der Waals surface area contributed by atoms with E-state index in [0.717, 1.165) is 47.3 Å². The molecule has 5 heteroatoms. The van der Waals surface area contributed by atoms with Gasteiger partial charge in [0, 0.05) is 5.56 Å². The highest BCUT2D eigenvalue weighted by atomic mass is 19.1. The van der Waals surface area contributed by atoms with Crippen molar-refractivity contribution in [2.45, 2.75) is 59.0 Å². The molecule has 0 heterocycles. The zero-order valence-corrected chi connectivity index (χ0v) is 23.2. The van der Waals surface area contributed by atoms with Gasteiger partial charge >= 0.3 is 5.97 Å². The molecule has 204 valence electrons. The smallest absolute Gasteiger partial charge is 0.303 e. The second-order valence-corrected chi connectivity index (χ2v) is 11.7. The molecule has 0 saturated heterocycles. The van der Waals surface area contributed by atoms with E-state index in [1.807, 2.05) is 36.4 Å². The average Bonchev–Trinajstić information content (AvgIpc) is 3.53. The van der Waals surface area contributed by atoms with E-state index in [1.54, 1.807) is 19.2 Å². The summed E-state index contributed by atoms with van der Waals surface area (Å²) < 4.78 is 26.7. The van der Waals surface area contributed by atoms with E-state index in [1.165, 1.54) is 11.6 Å². The summed E-state index contributed by atoms with van der Waals surface area (Å²) in [5, 5.41) is 9.47. The van der Waals surface area contributed by atoms with E-state index in [4.69, 9.17) is 9.47 Å². The number of allylic oxidation sites excluding steroid dienone is 2. The lowest BCUT2D eigenvalue weighted by Crippen LogP contribution is -2.11. The monoisotopic (exact) mass is 528 g/mol. The molecule has 0 aliphatic heterocycles. The number of carboxylic acids is 1. The van der Waals surface area contributed by atoms with Gasteiger partial charge in [0.25, 0.3) is 0 Å². The summed E-state index contributed by atoms with van der Waals surface area (Å²) in [5.74, 6) is 1.25. The fraction of sp³-hybridized carbons (Fsp3) is 0.382. The van der Waals surface area contributed by atoms with Crippen LogP contribution >= 0.6 is 0 Å². The summed E-state index contributed by atoms with van der Waals surface area (Å²) in [6, 6.07) is 18.8. The van der Waals surface area contributed by atoms with Crippen molar-refractivity contribution in [1.29, 1.82) is 0 Å². The molecule has 0 spiro atoms. The summed E-state index contributed by atoms with van der Waals surface area (Å²) in [6.45, 7) is 7.01. The molecule has 5 rings (SSSR count). The minimum atomic E-state index is -0.769. The van der Waals surface area contributed by atoms with Gasteiger partial charge in [-0.3, -0.25) is 4.79 Å². The summed E-state index contributed by atoms with van der Waals surface area (Å²) in [5.41, 5.74) is 5.59. The van der Waals surface area contributed by atoms with Crippen LogP contribution in [-0.2, 0) is 11.4 Å². The molecule has 1 saturated carbocycles. The van der Waals surface area contributed by atoms with Crippen molar-refractivity contribution >= 4 is 11.5 Å². The van der Waals surface area contributed by atoms with Crippen molar-refractivity contribution in [2.24, 2.45) is 17.3 Å². The first-order chi connectivity index (χ1) is 18.7. The molecule has 3 aromatic rings. The van der Waals surface area contributed by atoms with Crippen molar-refractivity contribution in [3.63, 3.8) is 0 Å². The highest BCUT2D eigenvalue weighted by Gasteiger charge is 2.41. The van der Waals surface area contributed by atoms with Gasteiger partial charge in [-0.1, -0.05) is 51.1 Å². The number of halogens is 1. The topological polar surface area (TPSA) is 55.8 Å². The van der Waals surface area contributed by atoms with Crippen molar-refractivity contribution in [1.82, 2.24) is 0 Å². The molecule has 4 nitrogen and oxygen atoms in total. The third-order valence-corrected chi connectivity index (χ3v) is 8.46. The maximum Gasteiger partial charge on any atom is 0.303 e. The Bertz CT molecular complexity index is 1410. The van der Waals surface area contributed by atoms with Gasteiger partial charge in [0.05, 0.1) is 13.5 Å². The fourth-order valence-corrected chi connectivity index (χ4v) is 6.06. The normalized spacial score (nSPS) is 20.3. The standard InChI is InChI=1S/C34H37FO4/c1-21-15-27(21)28(19-33(36)37)23-7-5-8-25(17-23)39-20-22-10-12-26(30-18-24(38-4)11-13-32(30)35)29(16-22)31-9-6-14-34(31,2)3/h5,7-13,16-18,21,27-28H,6,14-15,19-20H2,1-4H3,(H,36,37)/t21-,27-,28-/m1/s1. The molecule has 3 atom stereocenters. The Balaban J connectivity index is 1.44. The van der Waals surface area contributed by atoms with Gasteiger partial charge in [-0.25, -0.2) is 4.39 Å². The molecule has 0 bridgehead atoms. The summed E-state index contributed by atoms with van der Waals surface area (Å²) >= 11 is 0. The molecular formula is C34H37FO4. The highest BCUT2D eigenvalue weighted by Crippen LogP contribution is 2.50. The average molecular weight is 529 g/mol. The SMILES string of the molecule is COc1ccc(F)c(-c2ccc(COc3cccc([C@@H](CC(=O)O)[C@@H]4C[C@H]4C)c3)cc2C2=CCCC2(C)C)c1. The van der Waals surface area contributed by atoms with Crippen LogP contribution in [0.2, 0.25) is 0 Å². The lowest BCUT2D eigenvalue weighted by molar-refractivity contribution is -0.137. The predicted octanol–water partition coefficient (Wildman–Crippen LogP) is 8.50. The lowest BCUT2D eigenvalue weighted by atomic mass is 9.79. The van der Waals surface area contributed by atoms with Gasteiger partial charge in [-0.05, 0) is 107 Å². The highest BCUT2D eigenvalue weighted by molar-refractivity contribution is 5.85. The number of rotatable bonds is 10. The maximum atomic E-state index is 15.1. The molecule has 0 amide bonds. The van der Waals surface area contributed by atoms with Gasteiger partial charge in [-0.2, -0.15) is 0 Å². The zero-order chi connectivity index (χ0) is 27.7. The fourth-order valence-electron chi connectivity index (χ4n) is 6.06. The molecule has 0 radical (unpaired) electrons. The van der Waals surface area contributed by atoms with Crippen LogP contribution < -0.4 is 9.47 Å². The Morgan fingerprint density at radius 1 is 1.05 bits per heavy atom. The number of hydrogen-bond donors (Lipinski definition) is 1. The van der Waals surface area contributed by atoms with Crippen molar-refractivity contribution in [3.8, 4) is 22.6 Å². The summed E-state index contributed by atoms with van der Waals surface area (Å²) in [6.07, 6.45) is 5.51. The number of methoxy groups -OCH3 is 1. The van der Waals surface area contributed by atoms with Crippen LogP contribution in [0.3, 0.4) is 0 Å². The minimum absolute atomic E-state index is 0.00114. The van der Waals surface area contributed by atoms with Gasteiger partial charge in [-0.15, -0.1) is 0 Å². The number of carbonyl (C=O) groups is 1. The Hall–Kier alpha value is -3.60. The maximum absolute atomic E-state index is 15.1. The lowest BCUT2D eigenvalue weighted by Gasteiger charge is -2.25. The Morgan fingerprint density at radius 3 is 2.51 bits per heavy atom. The Morgan fingerprint density at radius 2 is 1.85 bits per heavy atom. The van der Waals surface area contributed by atoms with Crippen LogP contribution in [0.25, 0.3) is 16.7 Å². The van der Waals surface area contributed by atoms with E-state index < -0.39 is 5.97 Å². The summed E-state index contributed by atoms with van der Waals surface area (Å²) in [7, 11) is 1.59. The first-order valence-electron chi connectivity index (χ1n) is 13.8. The van der Waals surface area contributed by atoms with Gasteiger partial charge in [0.1, 0.15) is 23.9 Å². The van der Waals surface area contributed by atoms with Crippen molar-refractivity contribution in [2.75, 3.05) is 7.11 Å². The number of aliphatic carboxylic acids is 1. The van der Waals surface area contributed by atoms with Crippen LogP contribution in [-0.4, -0.2) is 18.2 Å². The van der Waals surface area contributed by atoms with Gasteiger partial charge in [0.2, 0.25) is 0 Å². The molecule has 0 unspecified atom stereocenters. The molecule has 2 aliphatic rings. The number of ether oxygens (including phenoxy) is 2. The van der Waals surface area contributed by atoms with Crippen LogP contribution in [0.4, 0.5) is 4.39 Å². The Kier molecular flexibility index (Phi) is 7.53. The van der Waals surface area contributed by atoms with Crippen molar-refractivity contribution < 1.29 is 23.8 Å². The molecular weight excluding hydrogens is 491 g/mol. The van der Waals surface area contributed by atoms with E-state index >= 15 is 4.39 Å². The van der Waals surface area contributed by atoms with Gasteiger partial charge < -0.3 is 14.6 Å². The molecule has 2 aliphatic carbocycles. The third kappa shape index (κ3) is 5.88. The Labute approximate surface area is 230 Å². The first kappa shape index (κ1) is 27.0. The number of benzene rings is 3. The molecule has 0 aromatic heterocycles. The zero-order valence-electron chi connectivity index (χ0n) is 23.2.